The second-order valence-corrected chi connectivity index (χ2v) is 5.65. The average molecular weight is 333 g/mol. The van der Waals surface area contributed by atoms with Crippen LogP contribution in [0.5, 0.6) is 0 Å². The highest BCUT2D eigenvalue weighted by atomic mass is 35.5. The van der Waals surface area contributed by atoms with Gasteiger partial charge in [0, 0.05) is 10.0 Å². The predicted octanol–water partition coefficient (Wildman–Crippen LogP) is 6.66. The maximum atomic E-state index is 5.91. The van der Waals surface area contributed by atoms with Gasteiger partial charge in [0.25, 0.3) is 0 Å². The first-order valence-corrected chi connectivity index (χ1v) is 8.04. The maximum Gasteiger partial charge on any atom is 0.0634 e. The van der Waals surface area contributed by atoms with E-state index >= 15 is 0 Å². The van der Waals surface area contributed by atoms with Gasteiger partial charge in [0.1, 0.15) is 0 Å². The van der Waals surface area contributed by atoms with Crippen molar-refractivity contribution in [1.82, 2.24) is 0 Å². The molecule has 2 aromatic carbocycles. The summed E-state index contributed by atoms with van der Waals surface area (Å²) < 4.78 is 0. The molecule has 0 unspecified atom stereocenters. The van der Waals surface area contributed by atoms with Gasteiger partial charge < -0.3 is 0 Å². The van der Waals surface area contributed by atoms with Crippen molar-refractivity contribution in [2.75, 3.05) is 0 Å². The summed E-state index contributed by atoms with van der Waals surface area (Å²) in [4.78, 5) is 9.41. The van der Waals surface area contributed by atoms with Crippen molar-refractivity contribution in [2.24, 2.45) is 9.98 Å². The summed E-state index contributed by atoms with van der Waals surface area (Å²) in [6.07, 6.45) is 1.64. The second-order valence-electron chi connectivity index (χ2n) is 4.78. The lowest BCUT2D eigenvalue weighted by Gasteiger charge is -2.07. The van der Waals surface area contributed by atoms with E-state index in [-0.39, 0.29) is 0 Å². The number of hydrogen-bond donors (Lipinski definition) is 0. The minimum Gasteiger partial charge on any atom is -0.252 e. The van der Waals surface area contributed by atoms with E-state index in [0.717, 1.165) is 35.6 Å². The number of benzene rings is 2. The highest BCUT2D eigenvalue weighted by molar-refractivity contribution is 6.43. The molecule has 0 aromatic heterocycles. The monoisotopic (exact) mass is 332 g/mol. The Labute approximate surface area is 141 Å². The largest absolute Gasteiger partial charge is 0.252 e. The highest BCUT2D eigenvalue weighted by Gasteiger charge is 2.06. The summed E-state index contributed by atoms with van der Waals surface area (Å²) in [5, 5.41) is 1.42. The van der Waals surface area contributed by atoms with Crippen LogP contribution in [0.25, 0.3) is 0 Å². The van der Waals surface area contributed by atoms with Crippen LogP contribution in [0.4, 0.5) is 11.4 Å². The Balaban J connectivity index is 2.33. The van der Waals surface area contributed by atoms with E-state index in [1.54, 1.807) is 0 Å². The molecule has 0 bridgehead atoms. The quantitative estimate of drug-likeness (QED) is 0.547. The van der Waals surface area contributed by atoms with Crippen molar-refractivity contribution in [3.63, 3.8) is 0 Å². The molecule has 0 amide bonds. The van der Waals surface area contributed by atoms with Crippen LogP contribution in [0.3, 0.4) is 0 Å². The van der Waals surface area contributed by atoms with Crippen molar-refractivity contribution in [3.8, 4) is 0 Å². The van der Waals surface area contributed by atoms with Crippen LogP contribution in [-0.4, -0.2) is 11.4 Å². The zero-order valence-corrected chi connectivity index (χ0v) is 14.2. The molecule has 0 N–H and O–H groups in total. The Morgan fingerprint density at radius 2 is 1.00 bits per heavy atom. The Morgan fingerprint density at radius 1 is 0.682 bits per heavy atom. The molecule has 0 atom stereocenters. The van der Waals surface area contributed by atoms with E-state index in [1.807, 2.05) is 48.5 Å². The summed E-state index contributed by atoms with van der Waals surface area (Å²) in [5.74, 6) is 0. The van der Waals surface area contributed by atoms with Gasteiger partial charge in [-0.3, -0.25) is 9.98 Å². The normalized spacial score (nSPS) is 12.5. The van der Waals surface area contributed by atoms with Gasteiger partial charge in [-0.1, -0.05) is 37.0 Å². The first-order valence-electron chi connectivity index (χ1n) is 7.29. The number of aliphatic imine (C=N–C) groups is 2. The Bertz CT molecular complexity index is 610. The van der Waals surface area contributed by atoms with Crippen LogP contribution in [0.15, 0.2) is 58.5 Å². The van der Waals surface area contributed by atoms with E-state index in [9.17, 15) is 0 Å². The van der Waals surface area contributed by atoms with E-state index in [0.29, 0.717) is 10.0 Å². The van der Waals surface area contributed by atoms with Crippen molar-refractivity contribution < 1.29 is 0 Å². The van der Waals surface area contributed by atoms with Crippen molar-refractivity contribution in [1.29, 1.82) is 0 Å². The van der Waals surface area contributed by atoms with Crippen LogP contribution in [-0.2, 0) is 0 Å². The average Bonchev–Trinajstić information content (AvgIpc) is 2.54. The summed E-state index contributed by atoms with van der Waals surface area (Å²) in [5.41, 5.74) is 3.75. The zero-order chi connectivity index (χ0) is 15.9. The molecule has 0 aliphatic rings. The second kappa shape index (κ2) is 8.11. The van der Waals surface area contributed by atoms with Crippen molar-refractivity contribution in [2.45, 2.75) is 26.7 Å². The fourth-order valence-electron chi connectivity index (χ4n) is 2.04. The van der Waals surface area contributed by atoms with Crippen LogP contribution in [0.1, 0.15) is 26.7 Å². The number of nitrogens with zero attached hydrogens (tertiary/aromatic N) is 2. The van der Waals surface area contributed by atoms with Gasteiger partial charge in [0.15, 0.2) is 0 Å². The maximum absolute atomic E-state index is 5.91. The Morgan fingerprint density at radius 3 is 1.27 bits per heavy atom. The lowest BCUT2D eigenvalue weighted by Crippen LogP contribution is -2.11. The van der Waals surface area contributed by atoms with Crippen LogP contribution in [0, 0.1) is 0 Å². The van der Waals surface area contributed by atoms with Gasteiger partial charge in [-0.05, 0) is 61.4 Å². The van der Waals surface area contributed by atoms with E-state index in [2.05, 4.69) is 13.8 Å². The molecule has 0 spiro atoms. The molecule has 0 aliphatic heterocycles. The minimum absolute atomic E-state index is 0.711. The van der Waals surface area contributed by atoms with Crippen LogP contribution in [0.2, 0.25) is 10.0 Å². The van der Waals surface area contributed by atoms with Gasteiger partial charge in [0.05, 0.1) is 22.8 Å². The van der Waals surface area contributed by atoms with E-state index < -0.39 is 0 Å². The van der Waals surface area contributed by atoms with Gasteiger partial charge in [-0.2, -0.15) is 0 Å². The third kappa shape index (κ3) is 4.69. The first-order chi connectivity index (χ1) is 10.6. The number of rotatable bonds is 5. The van der Waals surface area contributed by atoms with Gasteiger partial charge in [-0.25, -0.2) is 0 Å². The lowest BCUT2D eigenvalue weighted by molar-refractivity contribution is 1.23. The molecule has 0 saturated heterocycles. The van der Waals surface area contributed by atoms with E-state index in [1.165, 1.54) is 0 Å². The number of hydrogen-bond acceptors (Lipinski definition) is 2. The summed E-state index contributed by atoms with van der Waals surface area (Å²) >= 11 is 11.8. The molecule has 0 saturated carbocycles. The van der Waals surface area contributed by atoms with Crippen molar-refractivity contribution in [3.05, 3.63) is 58.6 Å². The summed E-state index contributed by atoms with van der Waals surface area (Å²) in [6.45, 7) is 4.17. The third-order valence-electron chi connectivity index (χ3n) is 3.18. The molecule has 0 radical (unpaired) electrons. The first kappa shape index (κ1) is 16.7. The molecular formula is C18H18Cl2N2. The summed E-state index contributed by atoms with van der Waals surface area (Å²) in [7, 11) is 0. The van der Waals surface area contributed by atoms with Gasteiger partial charge in [0.2, 0.25) is 0 Å². The molecule has 0 fully saturated rings. The molecule has 0 aliphatic carbocycles. The predicted molar refractivity (Wildman–Crippen MR) is 97.7 cm³/mol. The Kier molecular flexibility index (Phi) is 6.17. The standard InChI is InChI=1S/C18H18Cl2N2/c1-3-17(21-15-9-5-13(19)6-10-15)18(4-2)22-16-11-7-14(20)8-12-16/h5-12H,3-4H2,1-2H3. The fourth-order valence-corrected chi connectivity index (χ4v) is 2.29. The minimum atomic E-state index is 0.711. The number of halogens is 2. The molecule has 2 nitrogen and oxygen atoms in total. The fraction of sp³-hybridized carbons (Fsp3) is 0.222. The SMILES string of the molecule is CCC(=Nc1ccc(Cl)cc1)C(CC)=Nc1ccc(Cl)cc1. The molecular weight excluding hydrogens is 315 g/mol. The Hall–Kier alpha value is -1.64. The van der Waals surface area contributed by atoms with E-state index in [4.69, 9.17) is 33.2 Å². The van der Waals surface area contributed by atoms with Crippen LogP contribution >= 0.6 is 23.2 Å². The van der Waals surface area contributed by atoms with Crippen LogP contribution < -0.4 is 0 Å². The molecule has 114 valence electrons. The van der Waals surface area contributed by atoms with Crippen molar-refractivity contribution >= 4 is 46.0 Å². The zero-order valence-electron chi connectivity index (χ0n) is 12.7. The van der Waals surface area contributed by atoms with Gasteiger partial charge in [-0.15, -0.1) is 0 Å². The molecule has 4 heteroatoms. The topological polar surface area (TPSA) is 24.7 Å². The van der Waals surface area contributed by atoms with Gasteiger partial charge >= 0.3 is 0 Å². The molecule has 22 heavy (non-hydrogen) atoms. The molecule has 2 aromatic rings. The lowest BCUT2D eigenvalue weighted by atomic mass is 10.1. The smallest absolute Gasteiger partial charge is 0.0634 e. The summed E-state index contributed by atoms with van der Waals surface area (Å²) in [6, 6.07) is 15.0. The third-order valence-corrected chi connectivity index (χ3v) is 3.69. The molecule has 2 rings (SSSR count). The molecule has 0 heterocycles. The highest BCUT2D eigenvalue weighted by Crippen LogP contribution is 2.20.